The highest BCUT2D eigenvalue weighted by molar-refractivity contribution is 6.30. The third kappa shape index (κ3) is 4.05. The van der Waals surface area contributed by atoms with Crippen molar-refractivity contribution in [2.24, 2.45) is 0 Å². The summed E-state index contributed by atoms with van der Waals surface area (Å²) >= 11 is 6.16. The van der Waals surface area contributed by atoms with Gasteiger partial charge in [0.1, 0.15) is 5.75 Å². The Morgan fingerprint density at radius 1 is 1.22 bits per heavy atom. The Hall–Kier alpha value is -1.55. The normalized spacial score (nSPS) is 21.1. The number of para-hydroxylation sites is 1. The van der Waals surface area contributed by atoms with Crippen molar-refractivity contribution in [2.45, 2.75) is 31.5 Å². The molecule has 2 aromatic carbocycles. The highest BCUT2D eigenvalue weighted by Gasteiger charge is 2.26. The van der Waals surface area contributed by atoms with E-state index >= 15 is 0 Å². The number of hydrogen-bond acceptors (Lipinski definition) is 3. The standard InChI is InChI=1S/C19H23ClN2O/c1-23-18-10-3-2-6-15(18)13-22-17-9-5-11-21-19(17)14-7-4-8-16(20)12-14/h2-4,6-8,10,12,17,19,21-22H,5,9,11,13H2,1H3/t17-,19-/m1/s1. The fraction of sp³-hybridized carbons (Fsp3) is 0.368. The molecule has 3 rings (SSSR count). The second-order valence-corrected chi connectivity index (χ2v) is 6.36. The second-order valence-electron chi connectivity index (χ2n) is 5.93. The largest absolute Gasteiger partial charge is 0.496 e. The van der Waals surface area contributed by atoms with E-state index in [0.29, 0.717) is 6.04 Å². The first-order valence-corrected chi connectivity index (χ1v) is 8.50. The summed E-state index contributed by atoms with van der Waals surface area (Å²) in [6.45, 7) is 1.84. The first kappa shape index (κ1) is 16.3. The summed E-state index contributed by atoms with van der Waals surface area (Å²) in [5, 5.41) is 8.11. The van der Waals surface area contributed by atoms with E-state index in [1.54, 1.807) is 7.11 Å². The van der Waals surface area contributed by atoms with Gasteiger partial charge in [0.15, 0.2) is 0 Å². The molecule has 1 fully saturated rings. The predicted octanol–water partition coefficient (Wildman–Crippen LogP) is 3.93. The minimum Gasteiger partial charge on any atom is -0.496 e. The number of benzene rings is 2. The first-order valence-electron chi connectivity index (χ1n) is 8.12. The van der Waals surface area contributed by atoms with E-state index in [2.05, 4.69) is 28.8 Å². The second kappa shape index (κ2) is 7.82. The summed E-state index contributed by atoms with van der Waals surface area (Å²) in [7, 11) is 1.72. The molecule has 0 amide bonds. The van der Waals surface area contributed by atoms with Crippen LogP contribution in [0.2, 0.25) is 5.02 Å². The van der Waals surface area contributed by atoms with E-state index in [-0.39, 0.29) is 6.04 Å². The maximum absolute atomic E-state index is 6.16. The molecule has 1 aliphatic rings. The molecule has 0 bridgehead atoms. The zero-order valence-electron chi connectivity index (χ0n) is 13.4. The number of piperidine rings is 1. The highest BCUT2D eigenvalue weighted by atomic mass is 35.5. The molecule has 1 heterocycles. The van der Waals surface area contributed by atoms with Crippen LogP contribution < -0.4 is 15.4 Å². The van der Waals surface area contributed by atoms with Crippen molar-refractivity contribution < 1.29 is 4.74 Å². The SMILES string of the molecule is COc1ccccc1CN[C@@H]1CCCN[C@@H]1c1cccc(Cl)c1. The number of rotatable bonds is 5. The summed E-state index contributed by atoms with van der Waals surface area (Å²) < 4.78 is 5.44. The Morgan fingerprint density at radius 2 is 2.09 bits per heavy atom. The summed E-state index contributed by atoms with van der Waals surface area (Å²) in [5.74, 6) is 0.933. The summed E-state index contributed by atoms with van der Waals surface area (Å²) in [6, 6.07) is 17.0. The van der Waals surface area contributed by atoms with Crippen molar-refractivity contribution in [3.05, 3.63) is 64.7 Å². The molecule has 0 aromatic heterocycles. The lowest BCUT2D eigenvalue weighted by atomic mass is 9.92. The van der Waals surface area contributed by atoms with Gasteiger partial charge in [-0.05, 0) is 43.1 Å². The first-order chi connectivity index (χ1) is 11.3. The minimum atomic E-state index is 0.289. The minimum absolute atomic E-state index is 0.289. The average molecular weight is 331 g/mol. The average Bonchev–Trinajstić information content (AvgIpc) is 2.60. The van der Waals surface area contributed by atoms with E-state index < -0.39 is 0 Å². The number of methoxy groups -OCH3 is 1. The van der Waals surface area contributed by atoms with E-state index in [0.717, 1.165) is 30.3 Å². The van der Waals surface area contributed by atoms with E-state index in [1.807, 2.05) is 30.3 Å². The highest BCUT2D eigenvalue weighted by Crippen LogP contribution is 2.26. The van der Waals surface area contributed by atoms with Gasteiger partial charge >= 0.3 is 0 Å². The van der Waals surface area contributed by atoms with Crippen molar-refractivity contribution in [3.63, 3.8) is 0 Å². The lowest BCUT2D eigenvalue weighted by Gasteiger charge is -2.34. The maximum atomic E-state index is 6.16. The molecule has 2 N–H and O–H groups in total. The topological polar surface area (TPSA) is 33.3 Å². The Morgan fingerprint density at radius 3 is 2.91 bits per heavy atom. The quantitative estimate of drug-likeness (QED) is 0.871. The van der Waals surface area contributed by atoms with Crippen molar-refractivity contribution in [1.82, 2.24) is 10.6 Å². The van der Waals surface area contributed by atoms with Crippen molar-refractivity contribution in [3.8, 4) is 5.75 Å². The van der Waals surface area contributed by atoms with Gasteiger partial charge in [0, 0.05) is 29.2 Å². The zero-order chi connectivity index (χ0) is 16.1. The van der Waals surface area contributed by atoms with E-state index in [9.17, 15) is 0 Å². The monoisotopic (exact) mass is 330 g/mol. The van der Waals surface area contributed by atoms with E-state index in [4.69, 9.17) is 16.3 Å². The lowest BCUT2D eigenvalue weighted by molar-refractivity contribution is 0.303. The molecule has 0 spiro atoms. The summed E-state index contributed by atoms with van der Waals surface area (Å²) in [5.41, 5.74) is 2.43. The molecule has 4 heteroatoms. The van der Waals surface area contributed by atoms with Gasteiger partial charge in [0.05, 0.1) is 7.11 Å². The molecule has 23 heavy (non-hydrogen) atoms. The van der Waals surface area contributed by atoms with Crippen LogP contribution in [-0.2, 0) is 6.54 Å². The van der Waals surface area contributed by atoms with Crippen molar-refractivity contribution in [1.29, 1.82) is 0 Å². The van der Waals surface area contributed by atoms with Gasteiger partial charge < -0.3 is 15.4 Å². The van der Waals surface area contributed by atoms with Crippen LogP contribution in [-0.4, -0.2) is 19.7 Å². The number of hydrogen-bond donors (Lipinski definition) is 2. The van der Waals surface area contributed by atoms with Crippen LogP contribution in [0.4, 0.5) is 0 Å². The summed E-state index contributed by atoms with van der Waals surface area (Å²) in [4.78, 5) is 0. The van der Waals surface area contributed by atoms with Gasteiger partial charge in [-0.25, -0.2) is 0 Å². The van der Waals surface area contributed by atoms with E-state index in [1.165, 1.54) is 17.5 Å². The molecule has 0 aliphatic carbocycles. The van der Waals surface area contributed by atoms with Crippen LogP contribution in [0.25, 0.3) is 0 Å². The van der Waals surface area contributed by atoms with Gasteiger partial charge in [-0.1, -0.05) is 41.9 Å². The van der Waals surface area contributed by atoms with Gasteiger partial charge in [-0.3, -0.25) is 0 Å². The molecular weight excluding hydrogens is 308 g/mol. The zero-order valence-corrected chi connectivity index (χ0v) is 14.1. The molecule has 2 aromatic rings. The van der Waals surface area contributed by atoms with Gasteiger partial charge in [0.2, 0.25) is 0 Å². The van der Waals surface area contributed by atoms with Crippen LogP contribution in [0.15, 0.2) is 48.5 Å². The molecular formula is C19H23ClN2O. The fourth-order valence-electron chi connectivity index (χ4n) is 3.25. The Labute approximate surface area is 143 Å². The predicted molar refractivity (Wildman–Crippen MR) is 95.1 cm³/mol. The Kier molecular flexibility index (Phi) is 5.55. The third-order valence-corrected chi connectivity index (χ3v) is 4.65. The molecule has 0 unspecified atom stereocenters. The Bertz CT molecular complexity index is 647. The third-order valence-electron chi connectivity index (χ3n) is 4.41. The van der Waals surface area contributed by atoms with Crippen LogP contribution in [0.5, 0.6) is 5.75 Å². The van der Waals surface area contributed by atoms with Gasteiger partial charge in [-0.15, -0.1) is 0 Å². The number of nitrogens with one attached hydrogen (secondary N) is 2. The van der Waals surface area contributed by atoms with Gasteiger partial charge in [-0.2, -0.15) is 0 Å². The molecule has 0 radical (unpaired) electrons. The van der Waals surface area contributed by atoms with Crippen LogP contribution >= 0.6 is 11.6 Å². The van der Waals surface area contributed by atoms with Crippen molar-refractivity contribution in [2.75, 3.05) is 13.7 Å². The van der Waals surface area contributed by atoms with Crippen LogP contribution in [0.1, 0.15) is 30.0 Å². The fourth-order valence-corrected chi connectivity index (χ4v) is 3.45. The number of ether oxygens (including phenoxy) is 1. The van der Waals surface area contributed by atoms with Crippen LogP contribution in [0.3, 0.4) is 0 Å². The molecule has 1 aliphatic heterocycles. The molecule has 0 saturated carbocycles. The summed E-state index contributed by atoms with van der Waals surface area (Å²) in [6.07, 6.45) is 2.33. The smallest absolute Gasteiger partial charge is 0.123 e. The lowest BCUT2D eigenvalue weighted by Crippen LogP contribution is -2.45. The molecule has 2 atom stereocenters. The van der Waals surface area contributed by atoms with Crippen LogP contribution in [0, 0.1) is 0 Å². The van der Waals surface area contributed by atoms with Gasteiger partial charge in [0.25, 0.3) is 0 Å². The Balaban J connectivity index is 1.72. The molecule has 122 valence electrons. The molecule has 1 saturated heterocycles. The molecule has 3 nitrogen and oxygen atoms in total. The van der Waals surface area contributed by atoms with Crippen molar-refractivity contribution >= 4 is 11.6 Å². The number of halogens is 1. The maximum Gasteiger partial charge on any atom is 0.123 e.